The maximum Gasteiger partial charge on any atom is 0.305 e. The second kappa shape index (κ2) is 7.54. The molecule has 0 N–H and O–H groups in total. The monoisotopic (exact) mass is 200 g/mol. The molecule has 0 aliphatic rings. The number of ether oxygens (including phenoxy) is 1. The number of carbonyl (C=O) groups is 2. The lowest BCUT2D eigenvalue weighted by molar-refractivity contribution is -0.142. The Morgan fingerprint density at radius 2 is 1.93 bits per heavy atom. The Morgan fingerprint density at radius 1 is 1.29 bits per heavy atom. The van der Waals surface area contributed by atoms with Gasteiger partial charge in [-0.15, -0.1) is 0 Å². The van der Waals surface area contributed by atoms with Crippen molar-refractivity contribution in [3.63, 3.8) is 0 Å². The van der Waals surface area contributed by atoms with Gasteiger partial charge >= 0.3 is 5.97 Å². The van der Waals surface area contributed by atoms with Gasteiger partial charge in [0.05, 0.1) is 13.5 Å². The summed E-state index contributed by atoms with van der Waals surface area (Å²) in [4.78, 5) is 22.1. The van der Waals surface area contributed by atoms with Gasteiger partial charge in [0, 0.05) is 12.8 Å². The number of carbonyl (C=O) groups excluding carboxylic acids is 2. The molecule has 0 aliphatic heterocycles. The Labute approximate surface area is 85.8 Å². The Hall–Kier alpha value is -0.860. The molecule has 1 unspecified atom stereocenters. The summed E-state index contributed by atoms with van der Waals surface area (Å²) in [5.74, 6) is 0.294. The Kier molecular flexibility index (Phi) is 7.07. The maximum absolute atomic E-state index is 11.3. The summed E-state index contributed by atoms with van der Waals surface area (Å²) in [6.45, 7) is 4.18. The molecule has 14 heavy (non-hydrogen) atoms. The highest BCUT2D eigenvalue weighted by atomic mass is 16.5. The third-order valence-electron chi connectivity index (χ3n) is 2.19. The van der Waals surface area contributed by atoms with Crippen molar-refractivity contribution >= 4 is 11.8 Å². The van der Waals surface area contributed by atoms with Crippen molar-refractivity contribution in [3.05, 3.63) is 0 Å². The van der Waals surface area contributed by atoms with Gasteiger partial charge in [0.2, 0.25) is 0 Å². The van der Waals surface area contributed by atoms with Crippen LogP contribution in [0.25, 0.3) is 0 Å². The van der Waals surface area contributed by atoms with Crippen molar-refractivity contribution < 1.29 is 14.3 Å². The topological polar surface area (TPSA) is 43.4 Å². The van der Waals surface area contributed by atoms with E-state index in [-0.39, 0.29) is 18.2 Å². The minimum Gasteiger partial charge on any atom is -0.469 e. The standard InChI is InChI=1S/C11H20O3/c1-4-5-9(2)8-10(12)6-7-11(13)14-3/h9H,4-8H2,1-3H3. The van der Waals surface area contributed by atoms with Crippen LogP contribution >= 0.6 is 0 Å². The van der Waals surface area contributed by atoms with E-state index in [1.165, 1.54) is 7.11 Å². The van der Waals surface area contributed by atoms with Crippen molar-refractivity contribution in [1.82, 2.24) is 0 Å². The third-order valence-corrected chi connectivity index (χ3v) is 2.19. The molecular weight excluding hydrogens is 180 g/mol. The smallest absolute Gasteiger partial charge is 0.305 e. The van der Waals surface area contributed by atoms with Crippen LogP contribution in [0, 0.1) is 5.92 Å². The van der Waals surface area contributed by atoms with Gasteiger partial charge in [-0.1, -0.05) is 26.7 Å². The van der Waals surface area contributed by atoms with E-state index in [0.717, 1.165) is 12.8 Å². The molecule has 1 atom stereocenters. The van der Waals surface area contributed by atoms with Crippen molar-refractivity contribution in [2.75, 3.05) is 7.11 Å². The molecule has 0 bridgehead atoms. The first-order chi connectivity index (χ1) is 6.60. The van der Waals surface area contributed by atoms with Crippen LogP contribution in [0.15, 0.2) is 0 Å². The highest BCUT2D eigenvalue weighted by molar-refractivity contribution is 5.82. The molecule has 0 amide bonds. The minimum atomic E-state index is -0.304. The number of hydrogen-bond donors (Lipinski definition) is 0. The summed E-state index contributed by atoms with van der Waals surface area (Å²) in [7, 11) is 1.34. The number of esters is 1. The Bertz CT molecular complexity index is 187. The van der Waals surface area contributed by atoms with Crippen molar-refractivity contribution in [3.8, 4) is 0 Å². The average Bonchev–Trinajstić information content (AvgIpc) is 2.14. The van der Waals surface area contributed by atoms with Gasteiger partial charge in [-0.2, -0.15) is 0 Å². The van der Waals surface area contributed by atoms with Gasteiger partial charge in [-0.3, -0.25) is 9.59 Å². The molecule has 0 saturated heterocycles. The van der Waals surface area contributed by atoms with E-state index in [9.17, 15) is 9.59 Å². The lowest BCUT2D eigenvalue weighted by atomic mass is 9.98. The molecule has 0 spiro atoms. The third kappa shape index (κ3) is 6.63. The van der Waals surface area contributed by atoms with E-state index >= 15 is 0 Å². The van der Waals surface area contributed by atoms with Gasteiger partial charge in [0.25, 0.3) is 0 Å². The Balaban J connectivity index is 3.59. The number of Topliss-reactive ketones (excluding diaryl/α,β-unsaturated/α-hetero) is 1. The number of methoxy groups -OCH3 is 1. The molecule has 0 aromatic carbocycles. The SMILES string of the molecule is CCCC(C)CC(=O)CCC(=O)OC. The predicted molar refractivity (Wildman–Crippen MR) is 54.9 cm³/mol. The first-order valence-electron chi connectivity index (χ1n) is 5.18. The molecule has 0 rings (SSSR count). The lowest BCUT2D eigenvalue weighted by Gasteiger charge is -2.07. The molecule has 82 valence electrons. The second-order valence-corrected chi connectivity index (χ2v) is 3.71. The fourth-order valence-corrected chi connectivity index (χ4v) is 1.43. The van der Waals surface area contributed by atoms with Gasteiger partial charge < -0.3 is 4.74 Å². The van der Waals surface area contributed by atoms with E-state index in [1.54, 1.807) is 0 Å². The van der Waals surface area contributed by atoms with Crippen LogP contribution in [0.3, 0.4) is 0 Å². The molecule has 0 radical (unpaired) electrons. The first-order valence-corrected chi connectivity index (χ1v) is 5.18. The highest BCUT2D eigenvalue weighted by Crippen LogP contribution is 2.12. The van der Waals surface area contributed by atoms with Gasteiger partial charge in [-0.25, -0.2) is 0 Å². The number of ketones is 1. The van der Waals surface area contributed by atoms with Crippen molar-refractivity contribution in [1.29, 1.82) is 0 Å². The fraction of sp³-hybridized carbons (Fsp3) is 0.818. The van der Waals surface area contributed by atoms with E-state index in [1.807, 2.05) is 0 Å². The summed E-state index contributed by atoms with van der Waals surface area (Å²) in [6, 6.07) is 0. The molecule has 0 heterocycles. The fourth-order valence-electron chi connectivity index (χ4n) is 1.43. The van der Waals surface area contributed by atoms with Gasteiger partial charge in [0.15, 0.2) is 0 Å². The highest BCUT2D eigenvalue weighted by Gasteiger charge is 2.10. The summed E-state index contributed by atoms with van der Waals surface area (Å²) in [5, 5.41) is 0. The largest absolute Gasteiger partial charge is 0.469 e. The Morgan fingerprint density at radius 3 is 2.43 bits per heavy atom. The summed E-state index contributed by atoms with van der Waals surface area (Å²) in [6.07, 6.45) is 3.30. The molecule has 0 aromatic heterocycles. The number of hydrogen-bond acceptors (Lipinski definition) is 3. The number of rotatable bonds is 7. The molecule has 0 aliphatic carbocycles. The normalized spacial score (nSPS) is 12.2. The van der Waals surface area contributed by atoms with Crippen LogP contribution in [0.2, 0.25) is 0 Å². The first kappa shape index (κ1) is 13.1. The zero-order valence-electron chi connectivity index (χ0n) is 9.34. The molecule has 3 nitrogen and oxygen atoms in total. The van der Waals surface area contributed by atoms with Crippen LogP contribution < -0.4 is 0 Å². The maximum atomic E-state index is 11.3. The molecular formula is C11H20O3. The van der Waals surface area contributed by atoms with Crippen molar-refractivity contribution in [2.45, 2.75) is 46.0 Å². The second-order valence-electron chi connectivity index (χ2n) is 3.71. The minimum absolute atomic E-state index is 0.163. The van der Waals surface area contributed by atoms with E-state index in [4.69, 9.17) is 0 Å². The lowest BCUT2D eigenvalue weighted by Crippen LogP contribution is -2.09. The molecule has 0 aromatic rings. The van der Waals surface area contributed by atoms with E-state index < -0.39 is 0 Å². The van der Waals surface area contributed by atoms with E-state index in [0.29, 0.717) is 18.8 Å². The van der Waals surface area contributed by atoms with Crippen LogP contribution in [0.5, 0.6) is 0 Å². The molecule has 0 fully saturated rings. The van der Waals surface area contributed by atoms with Crippen molar-refractivity contribution in [2.24, 2.45) is 5.92 Å². The quantitative estimate of drug-likeness (QED) is 0.592. The summed E-state index contributed by atoms with van der Waals surface area (Å²) < 4.78 is 4.46. The molecule has 3 heteroatoms. The van der Waals surface area contributed by atoms with E-state index in [2.05, 4.69) is 18.6 Å². The average molecular weight is 200 g/mol. The van der Waals surface area contributed by atoms with Gasteiger partial charge in [0.1, 0.15) is 5.78 Å². The molecule has 0 saturated carbocycles. The van der Waals surface area contributed by atoms with Crippen LogP contribution in [0.1, 0.15) is 46.0 Å². The van der Waals surface area contributed by atoms with Crippen LogP contribution in [-0.4, -0.2) is 18.9 Å². The van der Waals surface area contributed by atoms with Crippen LogP contribution in [0.4, 0.5) is 0 Å². The summed E-state index contributed by atoms with van der Waals surface area (Å²) in [5.41, 5.74) is 0. The summed E-state index contributed by atoms with van der Waals surface area (Å²) >= 11 is 0. The van der Waals surface area contributed by atoms with Gasteiger partial charge in [-0.05, 0) is 5.92 Å². The van der Waals surface area contributed by atoms with Crippen LogP contribution in [-0.2, 0) is 14.3 Å². The zero-order valence-corrected chi connectivity index (χ0v) is 9.34. The zero-order chi connectivity index (χ0) is 11.0. The predicted octanol–water partition coefficient (Wildman–Crippen LogP) is 2.33.